The van der Waals surface area contributed by atoms with Gasteiger partial charge in [0.05, 0.1) is 0 Å². The van der Waals surface area contributed by atoms with Crippen molar-refractivity contribution in [3.63, 3.8) is 0 Å². The van der Waals surface area contributed by atoms with Crippen molar-refractivity contribution in [3.8, 4) is 0 Å². The molecular weight excluding hydrogens is 257 g/mol. The molecule has 3 nitrogen and oxygen atoms in total. The zero-order chi connectivity index (χ0) is 14.3. The second-order valence-corrected chi connectivity index (χ2v) is 4.29. The maximum absolute atomic E-state index is 11.9. The second kappa shape index (κ2) is 7.13. The Labute approximate surface area is 110 Å². The molecule has 6 heteroatoms. The van der Waals surface area contributed by atoms with Gasteiger partial charge in [-0.25, -0.2) is 0 Å². The predicted molar refractivity (Wildman–Crippen MR) is 66.3 cm³/mol. The van der Waals surface area contributed by atoms with E-state index in [1.807, 2.05) is 30.3 Å². The summed E-state index contributed by atoms with van der Waals surface area (Å²) in [5.41, 5.74) is 6.66. The quantitative estimate of drug-likeness (QED) is 0.783. The number of benzene rings is 1. The molecule has 0 radical (unpaired) electrons. The Morgan fingerprint density at radius 3 is 2.47 bits per heavy atom. The topological polar surface area (TPSA) is 55.1 Å². The summed E-state index contributed by atoms with van der Waals surface area (Å²) in [6, 6.07) is 8.65. The van der Waals surface area contributed by atoms with Gasteiger partial charge in [-0.3, -0.25) is 4.79 Å². The standard InChI is InChI=1S/C13H17F3N2O/c14-13(15,16)7-4-8-18-12(19)9-11(17)10-5-2-1-3-6-10/h1-3,5-6,11H,4,7-9,17H2,(H,18,19). The molecule has 19 heavy (non-hydrogen) atoms. The van der Waals surface area contributed by atoms with Crippen LogP contribution in [0.5, 0.6) is 0 Å². The molecule has 1 unspecified atom stereocenters. The molecule has 1 aromatic rings. The van der Waals surface area contributed by atoms with Crippen LogP contribution in [-0.2, 0) is 4.79 Å². The van der Waals surface area contributed by atoms with Gasteiger partial charge < -0.3 is 11.1 Å². The molecule has 0 aromatic heterocycles. The lowest BCUT2D eigenvalue weighted by molar-refractivity contribution is -0.136. The van der Waals surface area contributed by atoms with Crippen molar-refractivity contribution in [2.24, 2.45) is 5.73 Å². The molecule has 1 amide bonds. The highest BCUT2D eigenvalue weighted by Gasteiger charge is 2.26. The number of nitrogens with one attached hydrogen (secondary N) is 1. The van der Waals surface area contributed by atoms with Gasteiger partial charge in [0.1, 0.15) is 0 Å². The first-order chi connectivity index (χ1) is 8.88. The average molecular weight is 274 g/mol. The predicted octanol–water partition coefficient (Wildman–Crippen LogP) is 2.54. The van der Waals surface area contributed by atoms with E-state index < -0.39 is 18.6 Å². The van der Waals surface area contributed by atoms with Crippen molar-refractivity contribution in [2.75, 3.05) is 6.54 Å². The smallest absolute Gasteiger partial charge is 0.356 e. The third-order valence-corrected chi connectivity index (χ3v) is 2.59. The summed E-state index contributed by atoms with van der Waals surface area (Å²) in [4.78, 5) is 11.5. The van der Waals surface area contributed by atoms with Crippen molar-refractivity contribution in [2.45, 2.75) is 31.5 Å². The highest BCUT2D eigenvalue weighted by molar-refractivity contribution is 5.76. The first-order valence-corrected chi connectivity index (χ1v) is 6.02. The van der Waals surface area contributed by atoms with E-state index in [9.17, 15) is 18.0 Å². The van der Waals surface area contributed by atoms with Crippen LogP contribution in [0.1, 0.15) is 30.9 Å². The minimum absolute atomic E-state index is 0.0137. The van der Waals surface area contributed by atoms with E-state index in [4.69, 9.17) is 5.73 Å². The summed E-state index contributed by atoms with van der Waals surface area (Å²) in [5, 5.41) is 2.44. The first-order valence-electron chi connectivity index (χ1n) is 6.02. The number of halogens is 3. The molecular formula is C13H17F3N2O. The average Bonchev–Trinajstić information content (AvgIpc) is 2.34. The monoisotopic (exact) mass is 274 g/mol. The Kier molecular flexibility index (Phi) is 5.82. The molecule has 0 heterocycles. The number of hydrogen-bond donors (Lipinski definition) is 2. The maximum atomic E-state index is 11.9. The number of rotatable bonds is 6. The van der Waals surface area contributed by atoms with Crippen molar-refractivity contribution >= 4 is 5.91 Å². The van der Waals surface area contributed by atoms with Crippen LogP contribution in [0.2, 0.25) is 0 Å². The van der Waals surface area contributed by atoms with Crippen LogP contribution in [0.25, 0.3) is 0 Å². The summed E-state index contributed by atoms with van der Waals surface area (Å²) in [6.45, 7) is 0.0137. The third-order valence-electron chi connectivity index (χ3n) is 2.59. The van der Waals surface area contributed by atoms with Gasteiger partial charge in [0.15, 0.2) is 0 Å². The minimum atomic E-state index is -4.18. The van der Waals surface area contributed by atoms with Gasteiger partial charge in [-0.2, -0.15) is 13.2 Å². The zero-order valence-electron chi connectivity index (χ0n) is 10.4. The van der Waals surface area contributed by atoms with E-state index in [0.29, 0.717) is 0 Å². The SMILES string of the molecule is NC(CC(=O)NCCCC(F)(F)F)c1ccccc1. The Morgan fingerprint density at radius 1 is 1.26 bits per heavy atom. The molecule has 0 aliphatic heterocycles. The van der Waals surface area contributed by atoms with Crippen LogP contribution >= 0.6 is 0 Å². The lowest BCUT2D eigenvalue weighted by Gasteiger charge is -2.12. The molecule has 1 atom stereocenters. The molecule has 0 saturated heterocycles. The highest BCUT2D eigenvalue weighted by Crippen LogP contribution is 2.20. The van der Waals surface area contributed by atoms with Crippen molar-refractivity contribution in [3.05, 3.63) is 35.9 Å². The fourth-order valence-electron chi connectivity index (χ4n) is 1.61. The summed E-state index contributed by atoms with van der Waals surface area (Å²) >= 11 is 0. The number of nitrogens with two attached hydrogens (primary N) is 1. The van der Waals surface area contributed by atoms with Crippen molar-refractivity contribution in [1.82, 2.24) is 5.32 Å². The molecule has 0 bridgehead atoms. The molecule has 1 aromatic carbocycles. The summed E-state index contributed by atoms with van der Waals surface area (Å²) in [6.07, 6.45) is -5.12. The lowest BCUT2D eigenvalue weighted by atomic mass is 10.0. The number of amides is 1. The molecule has 0 aliphatic rings. The summed E-state index contributed by atoms with van der Waals surface area (Å²) in [7, 11) is 0. The summed E-state index contributed by atoms with van der Waals surface area (Å²) < 4.78 is 35.6. The van der Waals surface area contributed by atoms with Crippen LogP contribution < -0.4 is 11.1 Å². The van der Waals surface area contributed by atoms with Gasteiger partial charge in [-0.05, 0) is 12.0 Å². The fraction of sp³-hybridized carbons (Fsp3) is 0.462. The Bertz CT molecular complexity index is 393. The van der Waals surface area contributed by atoms with E-state index in [0.717, 1.165) is 5.56 Å². The van der Waals surface area contributed by atoms with Crippen molar-refractivity contribution < 1.29 is 18.0 Å². The fourth-order valence-corrected chi connectivity index (χ4v) is 1.61. The van der Waals surface area contributed by atoms with E-state index >= 15 is 0 Å². The molecule has 0 aliphatic carbocycles. The second-order valence-electron chi connectivity index (χ2n) is 4.29. The molecule has 0 fully saturated rings. The van der Waals surface area contributed by atoms with Crippen LogP contribution in [0.3, 0.4) is 0 Å². The summed E-state index contributed by atoms with van der Waals surface area (Å²) in [5.74, 6) is -0.335. The molecule has 3 N–H and O–H groups in total. The van der Waals surface area contributed by atoms with Crippen LogP contribution in [-0.4, -0.2) is 18.6 Å². The minimum Gasteiger partial charge on any atom is -0.356 e. The van der Waals surface area contributed by atoms with Gasteiger partial charge in [0.25, 0.3) is 0 Å². The Balaban J connectivity index is 2.24. The zero-order valence-corrected chi connectivity index (χ0v) is 10.4. The molecule has 106 valence electrons. The number of alkyl halides is 3. The first kappa shape index (κ1) is 15.5. The normalized spacial score (nSPS) is 13.1. The molecule has 0 spiro atoms. The number of carbonyl (C=O) groups is 1. The van der Waals surface area contributed by atoms with E-state index in [-0.39, 0.29) is 25.3 Å². The van der Waals surface area contributed by atoms with Crippen LogP contribution in [0.15, 0.2) is 30.3 Å². The van der Waals surface area contributed by atoms with Gasteiger partial charge in [0, 0.05) is 25.4 Å². The van der Waals surface area contributed by atoms with Crippen molar-refractivity contribution in [1.29, 1.82) is 0 Å². The number of carbonyl (C=O) groups excluding carboxylic acids is 1. The van der Waals surface area contributed by atoms with Gasteiger partial charge in [-0.1, -0.05) is 30.3 Å². The van der Waals surface area contributed by atoms with E-state index in [1.54, 1.807) is 0 Å². The third kappa shape index (κ3) is 6.81. The largest absolute Gasteiger partial charge is 0.389 e. The molecule has 0 saturated carbocycles. The van der Waals surface area contributed by atoms with Gasteiger partial charge in [0.2, 0.25) is 5.91 Å². The number of hydrogen-bond acceptors (Lipinski definition) is 2. The maximum Gasteiger partial charge on any atom is 0.389 e. The van der Waals surface area contributed by atoms with E-state index in [2.05, 4.69) is 5.32 Å². The Morgan fingerprint density at radius 2 is 1.89 bits per heavy atom. The highest BCUT2D eigenvalue weighted by atomic mass is 19.4. The van der Waals surface area contributed by atoms with Crippen LogP contribution in [0, 0.1) is 0 Å². The lowest BCUT2D eigenvalue weighted by Crippen LogP contribution is -2.28. The Hall–Kier alpha value is -1.56. The van der Waals surface area contributed by atoms with E-state index in [1.165, 1.54) is 0 Å². The molecule has 1 rings (SSSR count). The van der Waals surface area contributed by atoms with Gasteiger partial charge in [-0.15, -0.1) is 0 Å². The van der Waals surface area contributed by atoms with Crippen LogP contribution in [0.4, 0.5) is 13.2 Å². The van der Waals surface area contributed by atoms with Gasteiger partial charge >= 0.3 is 6.18 Å².